The molecule has 0 atom stereocenters. The molecule has 0 aliphatic heterocycles. The third-order valence-corrected chi connectivity index (χ3v) is 2.20. The van der Waals surface area contributed by atoms with Crippen LogP contribution in [0.25, 0.3) is 11.6 Å². The summed E-state index contributed by atoms with van der Waals surface area (Å²) in [5, 5.41) is 8.27. The highest BCUT2D eigenvalue weighted by atomic mass is 15.3. The van der Waals surface area contributed by atoms with Crippen molar-refractivity contribution in [3.8, 4) is 11.6 Å². The van der Waals surface area contributed by atoms with E-state index in [1.807, 2.05) is 70.4 Å². The van der Waals surface area contributed by atoms with Gasteiger partial charge in [-0.15, -0.1) is 0 Å². The molecule has 3 rings (SSSR count). The minimum Gasteiger partial charge on any atom is -0.223 e. The van der Waals surface area contributed by atoms with Gasteiger partial charge in [-0.25, -0.2) is 14.3 Å². The Morgan fingerprint density at radius 2 is 1.15 bits per heavy atom. The SMILES string of the molecule is CC.CC.c1cc(-n2cccn2)nc(-n2cccn2)c1. The lowest BCUT2D eigenvalue weighted by Crippen LogP contribution is -2.03. The molecule has 0 N–H and O–H groups in total. The minimum absolute atomic E-state index is 0.776. The van der Waals surface area contributed by atoms with Gasteiger partial charge in [0.15, 0.2) is 11.6 Å². The second-order valence-electron chi connectivity index (χ2n) is 3.26. The Kier molecular flexibility index (Phi) is 6.75. The molecule has 0 saturated carbocycles. The fourth-order valence-corrected chi connectivity index (χ4v) is 1.48. The highest BCUT2D eigenvalue weighted by molar-refractivity contribution is 5.30. The van der Waals surface area contributed by atoms with E-state index in [-0.39, 0.29) is 0 Å². The summed E-state index contributed by atoms with van der Waals surface area (Å²) in [4.78, 5) is 4.46. The van der Waals surface area contributed by atoms with E-state index < -0.39 is 0 Å². The zero-order chi connectivity index (χ0) is 14.8. The largest absolute Gasteiger partial charge is 0.223 e. The van der Waals surface area contributed by atoms with Crippen molar-refractivity contribution in [1.29, 1.82) is 0 Å². The van der Waals surface area contributed by atoms with Crippen molar-refractivity contribution in [3.05, 3.63) is 55.1 Å². The van der Waals surface area contributed by atoms with Crippen LogP contribution in [-0.4, -0.2) is 24.5 Å². The van der Waals surface area contributed by atoms with Gasteiger partial charge in [0, 0.05) is 24.8 Å². The van der Waals surface area contributed by atoms with Gasteiger partial charge in [0.1, 0.15) is 0 Å². The van der Waals surface area contributed by atoms with Gasteiger partial charge in [0.2, 0.25) is 0 Å². The molecule has 3 aromatic heterocycles. The van der Waals surface area contributed by atoms with Gasteiger partial charge >= 0.3 is 0 Å². The van der Waals surface area contributed by atoms with Gasteiger partial charge in [-0.2, -0.15) is 10.2 Å². The van der Waals surface area contributed by atoms with Crippen molar-refractivity contribution in [3.63, 3.8) is 0 Å². The Labute approximate surface area is 119 Å². The third kappa shape index (κ3) is 3.78. The van der Waals surface area contributed by atoms with E-state index in [4.69, 9.17) is 0 Å². The molecule has 0 bridgehead atoms. The number of hydrogen-bond acceptors (Lipinski definition) is 3. The highest BCUT2D eigenvalue weighted by Gasteiger charge is 2.01. The molecular formula is C15H21N5. The maximum atomic E-state index is 4.46. The van der Waals surface area contributed by atoms with Crippen LogP contribution in [0.1, 0.15) is 27.7 Å². The fraction of sp³-hybridized carbons (Fsp3) is 0.267. The average Bonchev–Trinajstić information content (AvgIpc) is 3.25. The molecule has 0 fully saturated rings. The van der Waals surface area contributed by atoms with Crippen molar-refractivity contribution in [1.82, 2.24) is 24.5 Å². The summed E-state index contributed by atoms with van der Waals surface area (Å²) >= 11 is 0. The second-order valence-corrected chi connectivity index (χ2v) is 3.26. The number of pyridine rings is 1. The van der Waals surface area contributed by atoms with E-state index in [1.165, 1.54) is 0 Å². The van der Waals surface area contributed by atoms with E-state index in [9.17, 15) is 0 Å². The molecule has 0 radical (unpaired) electrons. The molecule has 0 amide bonds. The number of hydrogen-bond donors (Lipinski definition) is 0. The van der Waals surface area contributed by atoms with Crippen LogP contribution in [-0.2, 0) is 0 Å². The lowest BCUT2D eigenvalue weighted by atomic mass is 10.4. The number of rotatable bonds is 2. The van der Waals surface area contributed by atoms with Gasteiger partial charge in [-0.05, 0) is 24.3 Å². The molecule has 3 heterocycles. The summed E-state index contributed by atoms with van der Waals surface area (Å²) in [6.07, 6.45) is 7.16. The lowest BCUT2D eigenvalue weighted by Gasteiger charge is -2.03. The molecule has 5 heteroatoms. The topological polar surface area (TPSA) is 48.5 Å². The Hall–Kier alpha value is -2.43. The molecule has 0 aliphatic carbocycles. The van der Waals surface area contributed by atoms with E-state index >= 15 is 0 Å². The predicted molar refractivity (Wildman–Crippen MR) is 81.2 cm³/mol. The molecule has 0 aromatic carbocycles. The van der Waals surface area contributed by atoms with E-state index in [2.05, 4.69) is 15.2 Å². The average molecular weight is 271 g/mol. The van der Waals surface area contributed by atoms with Gasteiger partial charge in [0.25, 0.3) is 0 Å². The van der Waals surface area contributed by atoms with Crippen LogP contribution in [0.4, 0.5) is 0 Å². The summed E-state index contributed by atoms with van der Waals surface area (Å²) in [5.41, 5.74) is 0. The normalized spacial score (nSPS) is 9.00. The smallest absolute Gasteiger partial charge is 0.155 e. The maximum absolute atomic E-state index is 4.46. The first-order valence-corrected chi connectivity index (χ1v) is 6.90. The molecule has 0 aliphatic rings. The Balaban J connectivity index is 0.000000461. The van der Waals surface area contributed by atoms with Gasteiger partial charge in [-0.1, -0.05) is 33.8 Å². The van der Waals surface area contributed by atoms with Gasteiger partial charge in [-0.3, -0.25) is 0 Å². The molecule has 0 spiro atoms. The summed E-state index contributed by atoms with van der Waals surface area (Å²) in [6.45, 7) is 8.00. The predicted octanol–water partition coefficient (Wildman–Crippen LogP) is 3.51. The molecule has 106 valence electrons. The second kappa shape index (κ2) is 8.63. The first-order valence-electron chi connectivity index (χ1n) is 6.90. The minimum atomic E-state index is 0.776. The van der Waals surface area contributed by atoms with E-state index in [0.29, 0.717) is 0 Å². The molecule has 20 heavy (non-hydrogen) atoms. The van der Waals surface area contributed by atoms with Crippen molar-refractivity contribution >= 4 is 0 Å². The van der Waals surface area contributed by atoms with Crippen LogP contribution in [0.15, 0.2) is 55.1 Å². The highest BCUT2D eigenvalue weighted by Crippen LogP contribution is 2.07. The van der Waals surface area contributed by atoms with Crippen molar-refractivity contribution in [2.45, 2.75) is 27.7 Å². The van der Waals surface area contributed by atoms with Crippen LogP contribution >= 0.6 is 0 Å². The molecule has 0 unspecified atom stereocenters. The molecular weight excluding hydrogens is 250 g/mol. The standard InChI is InChI=1S/C11H9N5.2C2H6/c1-4-10(15-8-2-6-12-15)14-11(5-1)16-9-3-7-13-16;2*1-2/h1-9H;2*1-2H3. The number of nitrogens with zero attached hydrogens (tertiary/aromatic N) is 5. The Morgan fingerprint density at radius 1 is 0.700 bits per heavy atom. The van der Waals surface area contributed by atoms with Crippen LogP contribution < -0.4 is 0 Å². The number of aromatic nitrogens is 5. The summed E-state index contributed by atoms with van der Waals surface area (Å²) in [6, 6.07) is 9.46. The molecule has 5 nitrogen and oxygen atoms in total. The van der Waals surface area contributed by atoms with Crippen LogP contribution in [0.5, 0.6) is 0 Å². The summed E-state index contributed by atoms with van der Waals surface area (Å²) in [7, 11) is 0. The van der Waals surface area contributed by atoms with E-state index in [1.54, 1.807) is 21.8 Å². The first-order chi connectivity index (χ1) is 9.93. The van der Waals surface area contributed by atoms with Crippen LogP contribution in [0.2, 0.25) is 0 Å². The van der Waals surface area contributed by atoms with Gasteiger partial charge < -0.3 is 0 Å². The Morgan fingerprint density at radius 3 is 1.50 bits per heavy atom. The lowest BCUT2D eigenvalue weighted by molar-refractivity contribution is 0.803. The zero-order valence-electron chi connectivity index (χ0n) is 12.4. The first kappa shape index (κ1) is 15.6. The summed E-state index contributed by atoms with van der Waals surface area (Å²) < 4.78 is 3.43. The van der Waals surface area contributed by atoms with Crippen LogP contribution in [0.3, 0.4) is 0 Å². The quantitative estimate of drug-likeness (QED) is 0.716. The monoisotopic (exact) mass is 271 g/mol. The van der Waals surface area contributed by atoms with Gasteiger partial charge in [0.05, 0.1) is 0 Å². The van der Waals surface area contributed by atoms with Crippen molar-refractivity contribution < 1.29 is 0 Å². The third-order valence-electron chi connectivity index (χ3n) is 2.20. The zero-order valence-corrected chi connectivity index (χ0v) is 12.4. The van der Waals surface area contributed by atoms with Crippen LogP contribution in [0, 0.1) is 0 Å². The summed E-state index contributed by atoms with van der Waals surface area (Å²) in [5.74, 6) is 1.55. The molecule has 3 aromatic rings. The maximum Gasteiger partial charge on any atom is 0.155 e. The van der Waals surface area contributed by atoms with E-state index in [0.717, 1.165) is 11.6 Å². The van der Waals surface area contributed by atoms with Crippen molar-refractivity contribution in [2.75, 3.05) is 0 Å². The molecule has 0 saturated heterocycles. The van der Waals surface area contributed by atoms with Crippen molar-refractivity contribution in [2.24, 2.45) is 0 Å². The fourth-order valence-electron chi connectivity index (χ4n) is 1.48. The Bertz CT molecular complexity index is 521.